The molecule has 0 spiro atoms. The summed E-state index contributed by atoms with van der Waals surface area (Å²) in [5, 5.41) is 0.448. The van der Waals surface area contributed by atoms with E-state index in [1.807, 2.05) is 7.05 Å². The van der Waals surface area contributed by atoms with E-state index in [-0.39, 0.29) is 11.9 Å². The fourth-order valence-corrected chi connectivity index (χ4v) is 2.17. The Bertz CT molecular complexity index is 357. The molecule has 0 saturated heterocycles. The van der Waals surface area contributed by atoms with Crippen molar-refractivity contribution in [3.05, 3.63) is 34.6 Å². The summed E-state index contributed by atoms with van der Waals surface area (Å²) >= 11 is 6.06. The lowest BCUT2D eigenvalue weighted by Gasteiger charge is -2.28. The van der Waals surface area contributed by atoms with E-state index in [2.05, 4.69) is 11.8 Å². The number of nitrogens with two attached hydrogens (primary N) is 1. The van der Waals surface area contributed by atoms with Gasteiger partial charge in [-0.2, -0.15) is 0 Å². The largest absolute Gasteiger partial charge is 0.329 e. The van der Waals surface area contributed by atoms with Crippen LogP contribution in [0.5, 0.6) is 0 Å². The number of benzene rings is 1. The number of hydrogen-bond acceptors (Lipinski definition) is 2. The second-order valence-electron chi connectivity index (χ2n) is 4.25. The summed E-state index contributed by atoms with van der Waals surface area (Å²) in [7, 11) is 2.02. The Labute approximate surface area is 108 Å². The molecule has 0 fully saturated rings. The van der Waals surface area contributed by atoms with Gasteiger partial charge in [0.1, 0.15) is 5.82 Å². The molecular formula is C13H20ClFN2. The molecule has 17 heavy (non-hydrogen) atoms. The summed E-state index contributed by atoms with van der Waals surface area (Å²) in [6, 6.07) is 4.54. The van der Waals surface area contributed by atoms with E-state index >= 15 is 0 Å². The van der Waals surface area contributed by atoms with Crippen molar-refractivity contribution in [1.82, 2.24) is 4.90 Å². The number of hydrogen-bond donors (Lipinski definition) is 1. The van der Waals surface area contributed by atoms with Gasteiger partial charge in [-0.05, 0) is 37.7 Å². The molecule has 0 aromatic heterocycles. The summed E-state index contributed by atoms with van der Waals surface area (Å²) in [5.74, 6) is -0.314. The molecule has 1 atom stereocenters. The average Bonchev–Trinajstić information content (AvgIpc) is 2.30. The molecule has 2 nitrogen and oxygen atoms in total. The number of halogens is 2. The molecule has 0 amide bonds. The molecule has 0 aliphatic rings. The van der Waals surface area contributed by atoms with Gasteiger partial charge in [0.05, 0.1) is 0 Å². The SMILES string of the molecule is CCCCN(C)C(CN)c1ccc(F)cc1Cl. The van der Waals surface area contributed by atoms with Crippen molar-refractivity contribution in [2.75, 3.05) is 20.1 Å². The van der Waals surface area contributed by atoms with E-state index in [9.17, 15) is 4.39 Å². The molecule has 0 aliphatic carbocycles. The molecule has 96 valence electrons. The van der Waals surface area contributed by atoms with Crippen LogP contribution in [-0.2, 0) is 0 Å². The predicted molar refractivity (Wildman–Crippen MR) is 70.7 cm³/mol. The summed E-state index contributed by atoms with van der Waals surface area (Å²) in [6.45, 7) is 3.59. The van der Waals surface area contributed by atoms with Gasteiger partial charge < -0.3 is 5.73 Å². The van der Waals surface area contributed by atoms with Crippen LogP contribution >= 0.6 is 11.6 Å². The highest BCUT2D eigenvalue weighted by molar-refractivity contribution is 6.31. The van der Waals surface area contributed by atoms with Gasteiger partial charge in [0.15, 0.2) is 0 Å². The Morgan fingerprint density at radius 1 is 1.47 bits per heavy atom. The summed E-state index contributed by atoms with van der Waals surface area (Å²) in [4.78, 5) is 2.17. The lowest BCUT2D eigenvalue weighted by atomic mass is 10.1. The molecule has 1 aromatic rings. The molecule has 0 saturated carbocycles. The normalized spacial score (nSPS) is 13.1. The Balaban J connectivity index is 2.85. The van der Waals surface area contributed by atoms with E-state index < -0.39 is 0 Å². The van der Waals surface area contributed by atoms with Gasteiger partial charge in [-0.25, -0.2) is 4.39 Å². The van der Waals surface area contributed by atoms with Crippen LogP contribution in [0.25, 0.3) is 0 Å². The Morgan fingerprint density at radius 3 is 2.71 bits per heavy atom. The average molecular weight is 259 g/mol. The molecule has 0 radical (unpaired) electrons. The first-order valence-corrected chi connectivity index (χ1v) is 6.33. The number of rotatable bonds is 6. The second-order valence-corrected chi connectivity index (χ2v) is 4.66. The molecule has 0 heterocycles. The molecule has 4 heteroatoms. The van der Waals surface area contributed by atoms with Gasteiger partial charge in [-0.3, -0.25) is 4.90 Å². The minimum Gasteiger partial charge on any atom is -0.329 e. The van der Waals surface area contributed by atoms with E-state index in [1.165, 1.54) is 12.1 Å². The van der Waals surface area contributed by atoms with Gasteiger partial charge in [0.2, 0.25) is 0 Å². The molecular weight excluding hydrogens is 239 g/mol. The number of unbranched alkanes of at least 4 members (excludes halogenated alkanes) is 1. The van der Waals surface area contributed by atoms with Crippen LogP contribution in [0.2, 0.25) is 5.02 Å². The van der Waals surface area contributed by atoms with Crippen LogP contribution in [-0.4, -0.2) is 25.0 Å². The smallest absolute Gasteiger partial charge is 0.124 e. The van der Waals surface area contributed by atoms with Crippen molar-refractivity contribution in [3.8, 4) is 0 Å². The van der Waals surface area contributed by atoms with E-state index in [0.717, 1.165) is 24.9 Å². The first-order chi connectivity index (χ1) is 8.10. The highest BCUT2D eigenvalue weighted by Gasteiger charge is 2.17. The Hall–Kier alpha value is -0.640. The van der Waals surface area contributed by atoms with Crippen LogP contribution in [0.15, 0.2) is 18.2 Å². The maximum Gasteiger partial charge on any atom is 0.124 e. The quantitative estimate of drug-likeness (QED) is 0.849. The van der Waals surface area contributed by atoms with E-state index in [0.29, 0.717) is 11.6 Å². The van der Waals surface area contributed by atoms with Crippen molar-refractivity contribution < 1.29 is 4.39 Å². The van der Waals surface area contributed by atoms with E-state index in [1.54, 1.807) is 6.07 Å². The van der Waals surface area contributed by atoms with Gasteiger partial charge in [-0.15, -0.1) is 0 Å². The third-order valence-electron chi connectivity index (χ3n) is 2.94. The zero-order chi connectivity index (χ0) is 12.8. The molecule has 0 aliphatic heterocycles. The van der Waals surface area contributed by atoms with E-state index in [4.69, 9.17) is 17.3 Å². The van der Waals surface area contributed by atoms with Gasteiger partial charge in [0.25, 0.3) is 0 Å². The fourth-order valence-electron chi connectivity index (χ4n) is 1.88. The summed E-state index contributed by atoms with van der Waals surface area (Å²) in [5.41, 5.74) is 6.69. The first-order valence-electron chi connectivity index (χ1n) is 5.95. The fraction of sp³-hybridized carbons (Fsp3) is 0.538. The molecule has 1 unspecified atom stereocenters. The molecule has 0 bridgehead atoms. The van der Waals surface area contributed by atoms with Crippen molar-refractivity contribution >= 4 is 11.6 Å². The monoisotopic (exact) mass is 258 g/mol. The van der Waals surface area contributed by atoms with Crippen molar-refractivity contribution in [2.24, 2.45) is 5.73 Å². The van der Waals surface area contributed by atoms with Gasteiger partial charge in [0, 0.05) is 17.6 Å². The zero-order valence-electron chi connectivity index (χ0n) is 10.4. The summed E-state index contributed by atoms with van der Waals surface area (Å²) < 4.78 is 13.0. The summed E-state index contributed by atoms with van der Waals surface area (Å²) in [6.07, 6.45) is 2.25. The highest BCUT2D eigenvalue weighted by atomic mass is 35.5. The van der Waals surface area contributed by atoms with Crippen LogP contribution in [0.4, 0.5) is 4.39 Å². The van der Waals surface area contributed by atoms with Crippen LogP contribution in [0, 0.1) is 5.82 Å². The van der Waals surface area contributed by atoms with Crippen LogP contribution in [0.3, 0.4) is 0 Å². The third kappa shape index (κ3) is 3.95. The number of likely N-dealkylation sites (N-methyl/N-ethyl adjacent to an activating group) is 1. The lowest BCUT2D eigenvalue weighted by molar-refractivity contribution is 0.246. The molecule has 1 rings (SSSR count). The van der Waals surface area contributed by atoms with Crippen LogP contribution < -0.4 is 5.73 Å². The molecule has 2 N–H and O–H groups in total. The Kier molecular flexibility index (Phi) is 5.89. The minimum absolute atomic E-state index is 0.0506. The van der Waals surface area contributed by atoms with Crippen molar-refractivity contribution in [3.63, 3.8) is 0 Å². The third-order valence-corrected chi connectivity index (χ3v) is 3.27. The lowest BCUT2D eigenvalue weighted by Crippen LogP contribution is -2.31. The first kappa shape index (κ1) is 14.4. The van der Waals surface area contributed by atoms with Crippen molar-refractivity contribution in [1.29, 1.82) is 0 Å². The van der Waals surface area contributed by atoms with Gasteiger partial charge in [-0.1, -0.05) is 31.0 Å². The second kappa shape index (κ2) is 6.94. The maximum absolute atomic E-state index is 13.0. The maximum atomic E-state index is 13.0. The van der Waals surface area contributed by atoms with Gasteiger partial charge >= 0.3 is 0 Å². The van der Waals surface area contributed by atoms with Crippen molar-refractivity contribution in [2.45, 2.75) is 25.8 Å². The minimum atomic E-state index is -0.314. The topological polar surface area (TPSA) is 29.3 Å². The molecule has 1 aromatic carbocycles. The Morgan fingerprint density at radius 2 is 2.18 bits per heavy atom. The highest BCUT2D eigenvalue weighted by Crippen LogP contribution is 2.27. The number of nitrogens with zero attached hydrogens (tertiary/aromatic N) is 1. The zero-order valence-corrected chi connectivity index (χ0v) is 11.2. The standard InChI is InChI=1S/C13H20ClFN2/c1-3-4-7-17(2)13(9-16)11-6-5-10(15)8-12(11)14/h5-6,8,13H,3-4,7,9,16H2,1-2H3. The van der Waals surface area contributed by atoms with Crippen LogP contribution in [0.1, 0.15) is 31.4 Å². The predicted octanol–water partition coefficient (Wildman–Crippen LogP) is 3.21.